The van der Waals surface area contributed by atoms with Crippen LogP contribution in [-0.2, 0) is 9.53 Å². The number of carbonyl (C=O) groups is 1. The molecule has 0 bridgehead atoms. The van der Waals surface area contributed by atoms with Crippen molar-refractivity contribution in [1.29, 1.82) is 0 Å². The van der Waals surface area contributed by atoms with Crippen molar-refractivity contribution in [2.24, 2.45) is 5.73 Å². The Kier molecular flexibility index (Phi) is 5.42. The first kappa shape index (κ1) is 17.2. The summed E-state index contributed by atoms with van der Waals surface area (Å²) in [5, 5.41) is 0. The third-order valence-electron chi connectivity index (χ3n) is 4.52. The number of amides is 1. The molecule has 0 spiro atoms. The Bertz CT molecular complexity index is 517. The van der Waals surface area contributed by atoms with Gasteiger partial charge in [0, 0.05) is 6.54 Å². The van der Waals surface area contributed by atoms with E-state index in [1.165, 1.54) is 12.1 Å². The third-order valence-corrected chi connectivity index (χ3v) is 4.52. The maximum atomic E-state index is 13.0. The monoisotopic (exact) mass is 328 g/mol. The van der Waals surface area contributed by atoms with Crippen molar-refractivity contribution in [2.75, 3.05) is 19.7 Å². The van der Waals surface area contributed by atoms with Crippen LogP contribution in [0.5, 0.6) is 0 Å². The van der Waals surface area contributed by atoms with Crippen LogP contribution in [0, 0.1) is 5.82 Å². The van der Waals surface area contributed by atoms with E-state index in [4.69, 9.17) is 10.5 Å². The van der Waals surface area contributed by atoms with Crippen molar-refractivity contribution in [3.8, 4) is 0 Å². The number of rotatable bonds is 2. The molecule has 1 aliphatic heterocycles. The van der Waals surface area contributed by atoms with Gasteiger partial charge in [0.25, 0.3) is 0 Å². The van der Waals surface area contributed by atoms with Crippen molar-refractivity contribution >= 4 is 18.3 Å². The average Bonchev–Trinajstić information content (AvgIpc) is 2.95. The highest BCUT2D eigenvalue weighted by atomic mass is 35.5. The van der Waals surface area contributed by atoms with E-state index < -0.39 is 5.54 Å². The van der Waals surface area contributed by atoms with Crippen molar-refractivity contribution in [1.82, 2.24) is 4.90 Å². The van der Waals surface area contributed by atoms with E-state index in [1.807, 2.05) is 4.90 Å². The molecule has 4 nitrogen and oxygen atoms in total. The lowest BCUT2D eigenvalue weighted by molar-refractivity contribution is -0.144. The number of hydrogen-bond acceptors (Lipinski definition) is 3. The highest BCUT2D eigenvalue weighted by molar-refractivity contribution is 5.86. The minimum atomic E-state index is -0.690. The smallest absolute Gasteiger partial charge is 0.242 e. The molecule has 2 fully saturated rings. The van der Waals surface area contributed by atoms with E-state index in [1.54, 1.807) is 12.1 Å². The van der Waals surface area contributed by atoms with Crippen LogP contribution >= 0.6 is 12.4 Å². The van der Waals surface area contributed by atoms with Crippen LogP contribution in [0.15, 0.2) is 24.3 Å². The quantitative estimate of drug-likeness (QED) is 0.907. The van der Waals surface area contributed by atoms with Gasteiger partial charge in [0.1, 0.15) is 11.9 Å². The fourth-order valence-corrected chi connectivity index (χ4v) is 3.25. The lowest BCUT2D eigenvalue weighted by Gasteiger charge is -2.37. The molecule has 1 atom stereocenters. The normalized spacial score (nSPS) is 23.9. The Morgan fingerprint density at radius 2 is 1.91 bits per heavy atom. The van der Waals surface area contributed by atoms with Gasteiger partial charge in [0.15, 0.2) is 0 Å². The molecular formula is C16H22ClFN2O2. The summed E-state index contributed by atoms with van der Waals surface area (Å²) >= 11 is 0. The third kappa shape index (κ3) is 3.42. The second-order valence-electron chi connectivity index (χ2n) is 6.03. The minimum absolute atomic E-state index is 0. The molecular weight excluding hydrogens is 307 g/mol. The van der Waals surface area contributed by atoms with Crippen LogP contribution < -0.4 is 5.73 Å². The van der Waals surface area contributed by atoms with Gasteiger partial charge in [-0.15, -0.1) is 12.4 Å². The molecule has 1 saturated carbocycles. The van der Waals surface area contributed by atoms with Gasteiger partial charge in [0.05, 0.1) is 18.7 Å². The zero-order chi connectivity index (χ0) is 14.9. The van der Waals surface area contributed by atoms with Gasteiger partial charge < -0.3 is 15.4 Å². The predicted molar refractivity (Wildman–Crippen MR) is 84.3 cm³/mol. The first-order valence-electron chi connectivity index (χ1n) is 7.54. The average molecular weight is 329 g/mol. The number of morpholine rings is 1. The molecule has 1 amide bonds. The fourth-order valence-electron chi connectivity index (χ4n) is 3.25. The molecule has 122 valence electrons. The second kappa shape index (κ2) is 6.94. The summed E-state index contributed by atoms with van der Waals surface area (Å²) < 4.78 is 18.7. The molecule has 1 aromatic carbocycles. The van der Waals surface area contributed by atoms with Crippen molar-refractivity contribution in [3.05, 3.63) is 35.6 Å². The van der Waals surface area contributed by atoms with Gasteiger partial charge in [-0.1, -0.05) is 25.0 Å². The standard InChI is InChI=1S/C16H21FN2O2.ClH/c17-13-5-3-12(4-6-13)14-11-19(9-10-21-14)15(20)16(18)7-1-2-8-16;/h3-6,14H,1-2,7-11,18H2;1H. The van der Waals surface area contributed by atoms with Gasteiger partial charge in [-0.2, -0.15) is 0 Å². The number of benzene rings is 1. The van der Waals surface area contributed by atoms with E-state index in [9.17, 15) is 9.18 Å². The van der Waals surface area contributed by atoms with Gasteiger partial charge in [-0.05, 0) is 30.5 Å². The molecule has 22 heavy (non-hydrogen) atoms. The summed E-state index contributed by atoms with van der Waals surface area (Å²) in [4.78, 5) is 14.4. The Labute approximate surface area is 136 Å². The number of nitrogens with two attached hydrogens (primary N) is 1. The molecule has 1 saturated heterocycles. The van der Waals surface area contributed by atoms with Crippen LogP contribution in [0.3, 0.4) is 0 Å². The number of hydrogen-bond donors (Lipinski definition) is 1. The van der Waals surface area contributed by atoms with E-state index in [0.29, 0.717) is 19.7 Å². The van der Waals surface area contributed by atoms with Crippen molar-refractivity contribution < 1.29 is 13.9 Å². The summed E-state index contributed by atoms with van der Waals surface area (Å²) in [6.45, 7) is 1.56. The number of ether oxygens (including phenoxy) is 1. The van der Waals surface area contributed by atoms with Crippen LogP contribution in [0.1, 0.15) is 37.4 Å². The fraction of sp³-hybridized carbons (Fsp3) is 0.562. The van der Waals surface area contributed by atoms with E-state index in [0.717, 1.165) is 31.2 Å². The van der Waals surface area contributed by atoms with E-state index in [-0.39, 0.29) is 30.2 Å². The Morgan fingerprint density at radius 3 is 2.55 bits per heavy atom. The summed E-state index contributed by atoms with van der Waals surface area (Å²) in [6.07, 6.45) is 3.38. The molecule has 0 radical (unpaired) electrons. The Hall–Kier alpha value is -1.17. The van der Waals surface area contributed by atoms with Gasteiger partial charge in [-0.25, -0.2) is 4.39 Å². The predicted octanol–water partition coefficient (Wildman–Crippen LogP) is 2.42. The number of nitrogens with zero attached hydrogens (tertiary/aromatic N) is 1. The van der Waals surface area contributed by atoms with Gasteiger partial charge in [0.2, 0.25) is 5.91 Å². The first-order chi connectivity index (χ1) is 10.1. The van der Waals surface area contributed by atoms with Crippen molar-refractivity contribution in [3.63, 3.8) is 0 Å². The molecule has 1 aromatic rings. The molecule has 0 aromatic heterocycles. The molecule has 6 heteroatoms. The van der Waals surface area contributed by atoms with Crippen LogP contribution in [-0.4, -0.2) is 36.0 Å². The SMILES string of the molecule is Cl.NC1(C(=O)N2CCOC(c3ccc(F)cc3)C2)CCCC1. The minimum Gasteiger partial charge on any atom is -0.370 e. The first-order valence-corrected chi connectivity index (χ1v) is 7.54. The maximum absolute atomic E-state index is 13.0. The zero-order valence-corrected chi connectivity index (χ0v) is 13.3. The molecule has 1 heterocycles. The van der Waals surface area contributed by atoms with Crippen molar-refractivity contribution in [2.45, 2.75) is 37.3 Å². The highest BCUT2D eigenvalue weighted by Crippen LogP contribution is 2.31. The molecule has 1 unspecified atom stereocenters. The van der Waals surface area contributed by atoms with E-state index in [2.05, 4.69) is 0 Å². The summed E-state index contributed by atoms with van der Waals surface area (Å²) in [5.41, 5.74) is 6.46. The van der Waals surface area contributed by atoms with Crippen LogP contribution in [0.25, 0.3) is 0 Å². The summed E-state index contributed by atoms with van der Waals surface area (Å²) in [6, 6.07) is 6.26. The van der Waals surface area contributed by atoms with Gasteiger partial charge in [-0.3, -0.25) is 4.79 Å². The molecule has 2 N–H and O–H groups in total. The largest absolute Gasteiger partial charge is 0.370 e. The Balaban J connectivity index is 0.00000176. The maximum Gasteiger partial charge on any atom is 0.242 e. The number of halogens is 2. The summed E-state index contributed by atoms with van der Waals surface area (Å²) in [5.74, 6) is -0.232. The second-order valence-corrected chi connectivity index (χ2v) is 6.03. The lowest BCUT2D eigenvalue weighted by atomic mass is 9.96. The van der Waals surface area contributed by atoms with Crippen LogP contribution in [0.4, 0.5) is 4.39 Å². The van der Waals surface area contributed by atoms with E-state index >= 15 is 0 Å². The van der Waals surface area contributed by atoms with Gasteiger partial charge >= 0.3 is 0 Å². The summed E-state index contributed by atoms with van der Waals surface area (Å²) in [7, 11) is 0. The molecule has 2 aliphatic rings. The zero-order valence-electron chi connectivity index (χ0n) is 12.5. The number of carbonyl (C=O) groups excluding carboxylic acids is 1. The Morgan fingerprint density at radius 1 is 1.27 bits per heavy atom. The molecule has 3 rings (SSSR count). The molecule has 1 aliphatic carbocycles. The highest BCUT2D eigenvalue weighted by Gasteiger charge is 2.41. The topological polar surface area (TPSA) is 55.6 Å². The lowest BCUT2D eigenvalue weighted by Crippen LogP contribution is -2.56. The van der Waals surface area contributed by atoms with Crippen LogP contribution in [0.2, 0.25) is 0 Å².